The summed E-state index contributed by atoms with van der Waals surface area (Å²) < 4.78 is 55.8. The Morgan fingerprint density at radius 2 is 0.707 bits per heavy atom. The van der Waals surface area contributed by atoms with Gasteiger partial charge >= 0.3 is 15.2 Å². The molecule has 0 aliphatic rings. The molecule has 0 atom stereocenters. The summed E-state index contributed by atoms with van der Waals surface area (Å²) in [5.74, 6) is 0. The van der Waals surface area contributed by atoms with Gasteiger partial charge in [0.05, 0.1) is 26.4 Å². The highest BCUT2D eigenvalue weighted by atomic mass is 79.9. The van der Waals surface area contributed by atoms with Gasteiger partial charge in [0.1, 0.15) is 12.3 Å². The zero-order valence-corrected chi connectivity index (χ0v) is 43.0. The molecule has 0 spiro atoms. The van der Waals surface area contributed by atoms with Crippen molar-refractivity contribution in [3.05, 3.63) is 133 Å². The van der Waals surface area contributed by atoms with E-state index in [0.29, 0.717) is 51.8 Å². The second kappa shape index (κ2) is 27.5. The van der Waals surface area contributed by atoms with Crippen LogP contribution in [0.2, 0.25) is 0 Å². The Kier molecular flexibility index (Phi) is 25.8. The van der Waals surface area contributed by atoms with Gasteiger partial charge in [-0.3, -0.25) is 9.13 Å². The predicted molar refractivity (Wildman–Crippen MR) is 213 cm³/mol. The van der Waals surface area contributed by atoms with Crippen LogP contribution < -0.4 is 86.2 Å². The molecule has 0 saturated heterocycles. The van der Waals surface area contributed by atoms with Crippen molar-refractivity contribution in [1.82, 2.24) is 0 Å². The van der Waals surface area contributed by atoms with E-state index in [1.165, 1.54) is 16.7 Å². The number of pyridine rings is 4. The van der Waals surface area contributed by atoms with E-state index < -0.39 is 15.2 Å². The van der Waals surface area contributed by atoms with Crippen LogP contribution in [0.15, 0.2) is 116 Å². The molecular formula is C41H53Br5N4O6P2. The highest BCUT2D eigenvalue weighted by Gasteiger charge is 2.26. The highest BCUT2D eigenvalue weighted by molar-refractivity contribution is 9.08. The summed E-state index contributed by atoms with van der Waals surface area (Å²) in [4.78, 5) is 0. The summed E-state index contributed by atoms with van der Waals surface area (Å²) in [6.45, 7) is 11.4. The van der Waals surface area contributed by atoms with Gasteiger partial charge in [-0.25, -0.2) is 18.3 Å². The average Bonchev–Trinajstić information content (AvgIpc) is 3.18. The first-order valence-electron chi connectivity index (χ1n) is 18.6. The van der Waals surface area contributed by atoms with Crippen LogP contribution in [0.1, 0.15) is 44.4 Å². The fourth-order valence-corrected chi connectivity index (χ4v) is 9.74. The highest BCUT2D eigenvalue weighted by Crippen LogP contribution is 2.48. The molecule has 4 aromatic heterocycles. The number of nitrogens with zero attached hydrogens (tertiary/aromatic N) is 4. The minimum atomic E-state index is -3.08. The Bertz CT molecular complexity index is 1870. The van der Waals surface area contributed by atoms with Crippen molar-refractivity contribution in [1.29, 1.82) is 0 Å². The van der Waals surface area contributed by atoms with Crippen LogP contribution in [-0.4, -0.2) is 38.8 Å². The normalized spacial score (nSPS) is 11.1. The van der Waals surface area contributed by atoms with E-state index in [1.807, 2.05) is 61.6 Å². The molecule has 58 heavy (non-hydrogen) atoms. The zero-order chi connectivity index (χ0) is 38.4. The number of benzene rings is 1. The smallest absolute Gasteiger partial charge is 0.337 e. The van der Waals surface area contributed by atoms with Crippen LogP contribution in [0.25, 0.3) is 22.3 Å². The maximum absolute atomic E-state index is 12.8. The van der Waals surface area contributed by atoms with Crippen molar-refractivity contribution in [3.8, 4) is 22.3 Å². The molecule has 0 bridgehead atoms. The lowest BCUT2D eigenvalue weighted by Gasteiger charge is -2.15. The Morgan fingerprint density at radius 3 is 0.966 bits per heavy atom. The molecule has 5 aromatic rings. The Balaban J connectivity index is 0.00000420. The van der Waals surface area contributed by atoms with Gasteiger partial charge in [0.15, 0.2) is 75.8 Å². The summed E-state index contributed by atoms with van der Waals surface area (Å²) in [6, 6.07) is 23.7. The Morgan fingerprint density at radius 1 is 0.448 bits per heavy atom. The van der Waals surface area contributed by atoms with Crippen molar-refractivity contribution >= 4 is 31.1 Å². The summed E-state index contributed by atoms with van der Waals surface area (Å²) in [6.07, 6.45) is 17.2. The molecule has 1 aromatic carbocycles. The third-order valence-electron chi connectivity index (χ3n) is 8.80. The van der Waals surface area contributed by atoms with Gasteiger partial charge in [0.2, 0.25) is 0 Å². The summed E-state index contributed by atoms with van der Waals surface area (Å²) >= 11 is 3.67. The van der Waals surface area contributed by atoms with Gasteiger partial charge in [-0.1, -0.05) is 15.9 Å². The molecule has 10 nitrogen and oxygen atoms in total. The molecule has 0 aliphatic heterocycles. The quantitative estimate of drug-likeness (QED) is 0.0421. The molecule has 318 valence electrons. The second-order valence-electron chi connectivity index (χ2n) is 12.8. The van der Waals surface area contributed by atoms with E-state index in [0.717, 1.165) is 40.7 Å². The van der Waals surface area contributed by atoms with Gasteiger partial charge in [-0.15, -0.1) is 0 Å². The van der Waals surface area contributed by atoms with Crippen molar-refractivity contribution in [3.63, 3.8) is 0 Å². The Labute approximate surface area is 394 Å². The SMILES string of the molecule is CCOP(=O)(CC[n+]1ccc(-c2cc[n+](Cc3cc(CBr)cc(C[n+]4ccc(-c5cc[n+](CCP(=O)(OCC)OCC)cc5)cc4)c3)cc2)cc1)OCC.[Br-].[Br-].[Br-].[Br-]. The Hall–Kier alpha value is -1.48. The summed E-state index contributed by atoms with van der Waals surface area (Å²) in [5.41, 5.74) is 8.21. The van der Waals surface area contributed by atoms with Crippen molar-refractivity contribution in [2.45, 2.75) is 59.2 Å². The predicted octanol–water partition coefficient (Wildman–Crippen LogP) is -4.29. The first kappa shape index (κ1) is 54.5. The van der Waals surface area contributed by atoms with E-state index in [4.69, 9.17) is 18.1 Å². The molecule has 4 heterocycles. The van der Waals surface area contributed by atoms with Crippen LogP contribution in [0.4, 0.5) is 0 Å². The fraction of sp³-hybridized carbons (Fsp3) is 0.366. The third-order valence-corrected chi connectivity index (χ3v) is 13.5. The molecule has 0 saturated carbocycles. The number of hydrogen-bond donors (Lipinski definition) is 0. The van der Waals surface area contributed by atoms with Crippen molar-refractivity contribution in [2.75, 3.05) is 38.8 Å². The molecule has 0 amide bonds. The first-order chi connectivity index (χ1) is 26.2. The van der Waals surface area contributed by atoms with E-state index in [2.05, 4.69) is 117 Å². The summed E-state index contributed by atoms with van der Waals surface area (Å²) in [7, 11) is -6.15. The van der Waals surface area contributed by atoms with E-state index in [1.54, 1.807) is 0 Å². The average molecular weight is 1160 g/mol. The fourth-order valence-electron chi connectivity index (χ4n) is 6.22. The number of halogens is 5. The van der Waals surface area contributed by atoms with Gasteiger partial charge in [0, 0.05) is 65.0 Å². The molecular weight excluding hydrogens is 1110 g/mol. The number of aryl methyl sites for hydroxylation is 2. The molecule has 0 radical (unpaired) electrons. The topological polar surface area (TPSA) is 86.6 Å². The number of hydrogen-bond acceptors (Lipinski definition) is 6. The lowest BCUT2D eigenvalue weighted by Crippen LogP contribution is -3.00. The lowest BCUT2D eigenvalue weighted by atomic mass is 10.1. The number of alkyl halides is 1. The second-order valence-corrected chi connectivity index (χ2v) is 17.7. The molecule has 5 rings (SSSR count). The molecule has 0 aliphatic carbocycles. The van der Waals surface area contributed by atoms with E-state index >= 15 is 0 Å². The summed E-state index contributed by atoms with van der Waals surface area (Å²) in [5, 5.41) is 0.784. The minimum Gasteiger partial charge on any atom is -1.00 e. The first-order valence-corrected chi connectivity index (χ1v) is 23.2. The maximum Gasteiger partial charge on any atom is 0.337 e. The van der Waals surface area contributed by atoms with Crippen LogP contribution >= 0.6 is 31.1 Å². The molecule has 0 fully saturated rings. The molecule has 17 heteroatoms. The van der Waals surface area contributed by atoms with E-state index in [-0.39, 0.29) is 67.9 Å². The number of aromatic nitrogens is 4. The van der Waals surface area contributed by atoms with Crippen LogP contribution in [0.3, 0.4) is 0 Å². The van der Waals surface area contributed by atoms with Gasteiger partial charge in [-0.05, 0) is 73.7 Å². The molecule has 0 unspecified atom stereocenters. The minimum absolute atomic E-state index is 0. The monoisotopic (exact) mass is 1150 g/mol. The van der Waals surface area contributed by atoms with Gasteiger partial charge < -0.3 is 86.0 Å². The lowest BCUT2D eigenvalue weighted by molar-refractivity contribution is -0.692. The van der Waals surface area contributed by atoms with Crippen LogP contribution in [-0.2, 0) is 58.7 Å². The standard InChI is InChI=1S/C41H53BrN4O6P2.4BrH/c1-5-49-53(47,50-6-2)27-25-43-17-9-38(10-18-43)40-13-21-45(22-14-40)33-36-29-35(32-42)30-37(31-36)34-46-23-15-41(16-24-46)39-11-19-44(20-12-39)26-28-54(48,51-7-3)52-8-4;;;;/h9-24,29-31H,5-8,25-28,32-34H2,1-4H3;4*1H/q+4;;;;/p-4. The van der Waals surface area contributed by atoms with E-state index in [9.17, 15) is 9.13 Å². The largest absolute Gasteiger partial charge is 1.00 e. The number of rotatable bonds is 21. The van der Waals surface area contributed by atoms with Crippen LogP contribution in [0, 0.1) is 0 Å². The maximum atomic E-state index is 12.8. The van der Waals surface area contributed by atoms with Gasteiger partial charge in [-0.2, -0.15) is 0 Å². The zero-order valence-electron chi connectivity index (χ0n) is 33.3. The molecule has 0 N–H and O–H groups in total. The third kappa shape index (κ3) is 16.8. The van der Waals surface area contributed by atoms with Crippen molar-refractivity contribution < 1.29 is 113 Å². The van der Waals surface area contributed by atoms with Crippen LogP contribution in [0.5, 0.6) is 0 Å². The van der Waals surface area contributed by atoms with Gasteiger partial charge in [0.25, 0.3) is 0 Å². The van der Waals surface area contributed by atoms with Crippen molar-refractivity contribution in [2.24, 2.45) is 0 Å².